The number of ether oxygens (including phenoxy) is 2. The molecule has 1 aliphatic rings. The van der Waals surface area contributed by atoms with Gasteiger partial charge in [0.15, 0.2) is 11.5 Å². The fraction of sp³-hybridized carbons (Fsp3) is 0.286. The molecule has 0 radical (unpaired) electrons. The number of halogens is 3. The van der Waals surface area contributed by atoms with Crippen LogP contribution in [0.5, 0.6) is 11.5 Å². The smallest absolute Gasteiger partial charge is 0.387 e. The highest BCUT2D eigenvalue weighted by atomic mass is 32.2. The van der Waals surface area contributed by atoms with Gasteiger partial charge in [0.05, 0.1) is 12.0 Å². The molecule has 172 valence electrons. The monoisotopic (exact) mass is 470 g/mol. The van der Waals surface area contributed by atoms with Crippen LogP contribution in [0.3, 0.4) is 0 Å². The zero-order valence-corrected chi connectivity index (χ0v) is 17.9. The average molecular weight is 470 g/mol. The maximum absolute atomic E-state index is 13.1. The summed E-state index contributed by atoms with van der Waals surface area (Å²) in [5, 5.41) is 0. The molecule has 1 aliphatic heterocycles. The highest BCUT2D eigenvalue weighted by Crippen LogP contribution is 2.30. The molecule has 0 N–H and O–H groups in total. The maximum Gasteiger partial charge on any atom is 0.387 e. The molecule has 1 saturated heterocycles. The summed E-state index contributed by atoms with van der Waals surface area (Å²) < 4.78 is 73.8. The molecule has 0 spiro atoms. The van der Waals surface area contributed by atoms with Gasteiger partial charge in [-0.25, -0.2) is 12.8 Å². The number of hydrogen-bond acceptors (Lipinski definition) is 5. The standard InChI is InChI=1S/C21H21F3N2O5S/c1-30-19-14-15(2-8-18(19)31-21(23)24)3-9-20(27)25-10-12-26(13-11-25)32(28,29)17-6-4-16(22)5-7-17/h2-9,14,21H,10-13H2,1H3/b9-3+. The van der Waals surface area contributed by atoms with Crippen molar-refractivity contribution in [3.63, 3.8) is 0 Å². The van der Waals surface area contributed by atoms with E-state index < -0.39 is 22.5 Å². The molecule has 7 nitrogen and oxygen atoms in total. The largest absolute Gasteiger partial charge is 0.493 e. The number of benzene rings is 2. The minimum atomic E-state index is -3.77. The second-order valence-corrected chi connectivity index (χ2v) is 8.74. The molecule has 0 unspecified atom stereocenters. The zero-order chi connectivity index (χ0) is 23.3. The minimum Gasteiger partial charge on any atom is -0.493 e. The summed E-state index contributed by atoms with van der Waals surface area (Å²) in [4.78, 5) is 14.0. The molecule has 11 heteroatoms. The second-order valence-electron chi connectivity index (χ2n) is 6.81. The zero-order valence-electron chi connectivity index (χ0n) is 17.1. The Balaban J connectivity index is 1.61. The molecular formula is C21H21F3N2O5S. The summed E-state index contributed by atoms with van der Waals surface area (Å²) in [7, 11) is -2.46. The fourth-order valence-electron chi connectivity index (χ4n) is 3.16. The highest BCUT2D eigenvalue weighted by molar-refractivity contribution is 7.89. The summed E-state index contributed by atoms with van der Waals surface area (Å²) in [6, 6.07) is 8.84. The summed E-state index contributed by atoms with van der Waals surface area (Å²) in [6.07, 6.45) is 2.81. The van der Waals surface area contributed by atoms with Crippen molar-refractivity contribution >= 4 is 22.0 Å². The molecule has 2 aromatic rings. The molecule has 32 heavy (non-hydrogen) atoms. The van der Waals surface area contributed by atoms with E-state index in [9.17, 15) is 26.4 Å². The summed E-state index contributed by atoms with van der Waals surface area (Å²) in [5.74, 6) is -0.875. The third-order valence-electron chi connectivity index (χ3n) is 4.82. The van der Waals surface area contributed by atoms with Crippen LogP contribution in [0.2, 0.25) is 0 Å². The Labute approximate surface area is 183 Å². The molecule has 0 bridgehead atoms. The van der Waals surface area contributed by atoms with Gasteiger partial charge in [-0.15, -0.1) is 0 Å². The lowest BCUT2D eigenvalue weighted by Crippen LogP contribution is -2.50. The predicted octanol–water partition coefficient (Wildman–Crippen LogP) is 2.98. The number of piperazine rings is 1. The summed E-state index contributed by atoms with van der Waals surface area (Å²) in [6.45, 7) is -2.40. The van der Waals surface area contributed by atoms with Crippen molar-refractivity contribution in [1.82, 2.24) is 9.21 Å². The van der Waals surface area contributed by atoms with E-state index in [2.05, 4.69) is 4.74 Å². The molecule has 3 rings (SSSR count). The van der Waals surface area contributed by atoms with Gasteiger partial charge in [-0.2, -0.15) is 13.1 Å². The Morgan fingerprint density at radius 2 is 1.69 bits per heavy atom. The van der Waals surface area contributed by atoms with Crippen molar-refractivity contribution < 1.29 is 35.9 Å². The Hall–Kier alpha value is -3.05. The van der Waals surface area contributed by atoms with Gasteiger partial charge in [0.2, 0.25) is 15.9 Å². The number of sulfonamides is 1. The van der Waals surface area contributed by atoms with E-state index in [-0.39, 0.29) is 48.5 Å². The van der Waals surface area contributed by atoms with Crippen molar-refractivity contribution in [2.45, 2.75) is 11.5 Å². The number of rotatable bonds is 7. The van der Waals surface area contributed by atoms with Gasteiger partial charge in [0.1, 0.15) is 5.82 Å². The summed E-state index contributed by atoms with van der Waals surface area (Å²) >= 11 is 0. The number of hydrogen-bond donors (Lipinski definition) is 0. The summed E-state index contributed by atoms with van der Waals surface area (Å²) in [5.41, 5.74) is 0.536. The van der Waals surface area contributed by atoms with Crippen molar-refractivity contribution in [2.24, 2.45) is 0 Å². The van der Waals surface area contributed by atoms with Crippen LogP contribution < -0.4 is 9.47 Å². The number of nitrogens with zero attached hydrogens (tertiary/aromatic N) is 2. The number of methoxy groups -OCH3 is 1. The lowest BCUT2D eigenvalue weighted by molar-refractivity contribution is -0.127. The molecule has 0 atom stereocenters. The Kier molecular flexibility index (Phi) is 7.41. The number of alkyl halides is 2. The number of carbonyl (C=O) groups excluding carboxylic acids is 1. The fourth-order valence-corrected chi connectivity index (χ4v) is 4.58. The van der Waals surface area contributed by atoms with E-state index in [0.29, 0.717) is 5.56 Å². The third kappa shape index (κ3) is 5.60. The van der Waals surface area contributed by atoms with Crippen LogP contribution >= 0.6 is 0 Å². The number of amides is 1. The molecular weight excluding hydrogens is 449 g/mol. The van der Waals surface area contributed by atoms with Crippen molar-refractivity contribution in [3.8, 4) is 11.5 Å². The molecule has 1 amide bonds. The Morgan fingerprint density at radius 3 is 2.28 bits per heavy atom. The lowest BCUT2D eigenvalue weighted by Gasteiger charge is -2.33. The van der Waals surface area contributed by atoms with E-state index in [1.807, 2.05) is 0 Å². The maximum atomic E-state index is 13.1. The quantitative estimate of drug-likeness (QED) is 0.582. The van der Waals surface area contributed by atoms with Crippen LogP contribution in [0.4, 0.5) is 13.2 Å². The van der Waals surface area contributed by atoms with Crippen LogP contribution in [-0.4, -0.2) is 63.4 Å². The van der Waals surface area contributed by atoms with E-state index in [4.69, 9.17) is 4.74 Å². The van der Waals surface area contributed by atoms with E-state index in [1.165, 1.54) is 58.8 Å². The predicted molar refractivity (Wildman–Crippen MR) is 110 cm³/mol. The van der Waals surface area contributed by atoms with Crippen molar-refractivity contribution in [2.75, 3.05) is 33.3 Å². The highest BCUT2D eigenvalue weighted by Gasteiger charge is 2.29. The second kappa shape index (κ2) is 10.0. The van der Waals surface area contributed by atoms with Crippen LogP contribution in [-0.2, 0) is 14.8 Å². The molecule has 0 saturated carbocycles. The van der Waals surface area contributed by atoms with Gasteiger partial charge in [0, 0.05) is 32.3 Å². The topological polar surface area (TPSA) is 76.2 Å². The van der Waals surface area contributed by atoms with Gasteiger partial charge >= 0.3 is 6.61 Å². The van der Waals surface area contributed by atoms with E-state index in [1.54, 1.807) is 0 Å². The first-order chi connectivity index (χ1) is 15.2. The first kappa shape index (κ1) is 23.6. The van der Waals surface area contributed by atoms with Crippen LogP contribution in [0, 0.1) is 5.82 Å². The van der Waals surface area contributed by atoms with Crippen molar-refractivity contribution in [3.05, 3.63) is 59.9 Å². The van der Waals surface area contributed by atoms with E-state index >= 15 is 0 Å². The van der Waals surface area contributed by atoms with Gasteiger partial charge in [-0.3, -0.25) is 4.79 Å². The van der Waals surface area contributed by atoms with Crippen LogP contribution in [0.15, 0.2) is 53.4 Å². The van der Waals surface area contributed by atoms with Gasteiger partial charge < -0.3 is 14.4 Å². The third-order valence-corrected chi connectivity index (χ3v) is 6.74. The van der Waals surface area contributed by atoms with Crippen molar-refractivity contribution in [1.29, 1.82) is 0 Å². The SMILES string of the molecule is COc1cc(/C=C/C(=O)N2CCN(S(=O)(=O)c3ccc(F)cc3)CC2)ccc1OC(F)F. The first-order valence-corrected chi connectivity index (χ1v) is 11.0. The normalized spacial score (nSPS) is 15.3. The lowest BCUT2D eigenvalue weighted by atomic mass is 10.2. The van der Waals surface area contributed by atoms with Crippen LogP contribution in [0.25, 0.3) is 6.08 Å². The molecule has 2 aromatic carbocycles. The van der Waals surface area contributed by atoms with Gasteiger partial charge in [0.25, 0.3) is 0 Å². The van der Waals surface area contributed by atoms with Gasteiger partial charge in [-0.1, -0.05) is 6.07 Å². The Morgan fingerprint density at radius 1 is 1.03 bits per heavy atom. The molecule has 1 fully saturated rings. The van der Waals surface area contributed by atoms with Gasteiger partial charge in [-0.05, 0) is 48.0 Å². The molecule has 0 aliphatic carbocycles. The van der Waals surface area contributed by atoms with E-state index in [0.717, 1.165) is 12.1 Å². The number of carbonyl (C=O) groups is 1. The molecule has 1 heterocycles. The average Bonchev–Trinajstić information content (AvgIpc) is 2.78. The molecule has 0 aromatic heterocycles. The first-order valence-electron chi connectivity index (χ1n) is 9.56. The Bertz CT molecular complexity index is 1080. The van der Waals surface area contributed by atoms with Crippen LogP contribution in [0.1, 0.15) is 5.56 Å². The minimum absolute atomic E-state index is 0.00760.